The highest BCUT2D eigenvalue weighted by Crippen LogP contribution is 2.26. The minimum atomic E-state index is 0.0908. The van der Waals surface area contributed by atoms with Crippen LogP contribution in [0.25, 0.3) is 11.5 Å². The van der Waals surface area contributed by atoms with E-state index in [1.54, 1.807) is 12.1 Å². The summed E-state index contributed by atoms with van der Waals surface area (Å²) < 4.78 is 17.4. The van der Waals surface area contributed by atoms with E-state index >= 15 is 0 Å². The zero-order valence-corrected chi connectivity index (χ0v) is 25.2. The first-order chi connectivity index (χ1) is 20.2. The molecule has 0 bridgehead atoms. The van der Waals surface area contributed by atoms with Crippen LogP contribution in [-0.2, 0) is 0 Å². The topological polar surface area (TPSA) is 90.0 Å². The molecule has 7 nitrogen and oxygen atoms in total. The van der Waals surface area contributed by atoms with Crippen molar-refractivity contribution in [2.75, 3.05) is 13.2 Å². The van der Waals surface area contributed by atoms with Crippen LogP contribution in [0.2, 0.25) is 0 Å². The third-order valence-corrected chi connectivity index (χ3v) is 7.11. The van der Waals surface area contributed by atoms with Crippen LogP contribution < -0.4 is 9.47 Å². The van der Waals surface area contributed by atoms with Gasteiger partial charge in [0, 0.05) is 23.4 Å². The second-order valence-corrected chi connectivity index (χ2v) is 10.7. The van der Waals surface area contributed by atoms with Gasteiger partial charge in [-0.3, -0.25) is 0 Å². The quantitative estimate of drug-likeness (QED) is 0.0966. The van der Waals surface area contributed by atoms with Gasteiger partial charge in [0.25, 0.3) is 0 Å². The van der Waals surface area contributed by atoms with Crippen molar-refractivity contribution in [3.05, 3.63) is 48.0 Å². The maximum Gasteiger partial charge on any atom is 0.342 e. The molecule has 1 heterocycles. The summed E-state index contributed by atoms with van der Waals surface area (Å²) in [7, 11) is 0. The number of aromatic hydroxyl groups is 1. The van der Waals surface area contributed by atoms with Crippen molar-refractivity contribution in [2.45, 2.75) is 110 Å². The van der Waals surface area contributed by atoms with Gasteiger partial charge < -0.3 is 19.0 Å². The number of unbranched alkanes of at least 4 members (excludes halogenated alkanes) is 13. The lowest BCUT2D eigenvalue weighted by atomic mass is 10.1. The fourth-order valence-corrected chi connectivity index (χ4v) is 4.60. The number of aromatic nitrogens is 2. The van der Waals surface area contributed by atoms with Crippen LogP contribution in [0.4, 0.5) is 6.01 Å². The van der Waals surface area contributed by atoms with Gasteiger partial charge in [0.05, 0.1) is 13.2 Å². The monoisotopic (exact) mass is 563 g/mol. The molecule has 1 N–H and O–H groups in total. The van der Waals surface area contributed by atoms with Gasteiger partial charge in [-0.2, -0.15) is 0 Å². The van der Waals surface area contributed by atoms with Gasteiger partial charge in [-0.15, -0.1) is 5.10 Å². The summed E-state index contributed by atoms with van der Waals surface area (Å²) in [5.74, 6) is 1.95. The lowest BCUT2D eigenvalue weighted by Crippen LogP contribution is -1.97. The minimum absolute atomic E-state index is 0.0908. The fourth-order valence-electron chi connectivity index (χ4n) is 4.60. The summed E-state index contributed by atoms with van der Waals surface area (Å²) in [5.41, 5.74) is 1.34. The molecule has 1 aromatic heterocycles. The van der Waals surface area contributed by atoms with E-state index in [9.17, 15) is 5.11 Å². The largest absolute Gasteiger partial charge is 0.507 e. The summed E-state index contributed by atoms with van der Waals surface area (Å²) in [6.07, 6.45) is 20.4. The maximum absolute atomic E-state index is 10.4. The van der Waals surface area contributed by atoms with E-state index < -0.39 is 0 Å². The number of hydrogen-bond donors (Lipinski definition) is 1. The van der Waals surface area contributed by atoms with Gasteiger partial charge in [0.1, 0.15) is 17.2 Å². The molecule has 0 saturated heterocycles. The van der Waals surface area contributed by atoms with E-state index in [4.69, 9.17) is 13.9 Å². The molecule has 224 valence electrons. The third-order valence-electron chi connectivity index (χ3n) is 7.11. The van der Waals surface area contributed by atoms with Crippen LogP contribution >= 0.6 is 0 Å². The number of benzene rings is 2. The smallest absolute Gasteiger partial charge is 0.342 e. The van der Waals surface area contributed by atoms with E-state index in [0.29, 0.717) is 23.8 Å². The van der Waals surface area contributed by atoms with Crippen molar-refractivity contribution < 1.29 is 19.0 Å². The van der Waals surface area contributed by atoms with Gasteiger partial charge in [0.15, 0.2) is 0 Å². The Kier molecular flexibility index (Phi) is 15.4. The fraction of sp³-hybridized carbons (Fsp3) is 0.559. The SMILES string of the molecule is CCCCCCCCCCOc1ccc(-c2nnc(/N=C/c3ccc(OCCCCCCCCC)cc3O)o2)cc1. The number of rotatable bonds is 22. The summed E-state index contributed by atoms with van der Waals surface area (Å²) in [6, 6.07) is 13.0. The van der Waals surface area contributed by atoms with E-state index in [0.717, 1.165) is 30.8 Å². The molecule has 0 fully saturated rings. The van der Waals surface area contributed by atoms with Crippen LogP contribution in [-0.4, -0.2) is 34.7 Å². The summed E-state index contributed by atoms with van der Waals surface area (Å²) in [5, 5.41) is 18.5. The molecule has 3 rings (SSSR count). The summed E-state index contributed by atoms with van der Waals surface area (Å²) in [4.78, 5) is 4.24. The average Bonchev–Trinajstić information content (AvgIpc) is 3.46. The number of ether oxygens (including phenoxy) is 2. The molecule has 0 atom stereocenters. The lowest BCUT2D eigenvalue weighted by molar-refractivity contribution is 0.302. The van der Waals surface area contributed by atoms with Gasteiger partial charge in [-0.05, 0) is 49.2 Å². The molecule has 2 aromatic carbocycles. The zero-order valence-electron chi connectivity index (χ0n) is 25.2. The first-order valence-electron chi connectivity index (χ1n) is 15.8. The Labute approximate surface area is 246 Å². The number of aliphatic imine (C=N–C) groups is 1. The second-order valence-electron chi connectivity index (χ2n) is 10.7. The van der Waals surface area contributed by atoms with Crippen molar-refractivity contribution in [1.82, 2.24) is 10.2 Å². The van der Waals surface area contributed by atoms with Gasteiger partial charge in [0.2, 0.25) is 5.89 Å². The molecule has 41 heavy (non-hydrogen) atoms. The van der Waals surface area contributed by atoms with Gasteiger partial charge in [-0.1, -0.05) is 102 Å². The van der Waals surface area contributed by atoms with Crippen LogP contribution in [0.1, 0.15) is 116 Å². The van der Waals surface area contributed by atoms with Gasteiger partial charge >= 0.3 is 6.01 Å². The summed E-state index contributed by atoms with van der Waals surface area (Å²) in [6.45, 7) is 5.86. The second kappa shape index (κ2) is 19.7. The van der Waals surface area contributed by atoms with Crippen molar-refractivity contribution >= 4 is 12.2 Å². The molecule has 0 aliphatic heterocycles. The molecule has 0 spiro atoms. The Bertz CT molecular complexity index is 1130. The van der Waals surface area contributed by atoms with E-state index in [2.05, 4.69) is 29.0 Å². The third kappa shape index (κ3) is 12.8. The number of nitrogens with zero attached hydrogens (tertiary/aromatic N) is 3. The van der Waals surface area contributed by atoms with Crippen molar-refractivity contribution in [2.24, 2.45) is 4.99 Å². The van der Waals surface area contributed by atoms with Crippen molar-refractivity contribution in [3.8, 4) is 28.7 Å². The first-order valence-corrected chi connectivity index (χ1v) is 15.8. The molecule has 0 saturated carbocycles. The van der Waals surface area contributed by atoms with Crippen molar-refractivity contribution in [1.29, 1.82) is 0 Å². The molecule has 0 unspecified atom stereocenters. The Hall–Kier alpha value is -3.35. The van der Waals surface area contributed by atoms with E-state index in [1.165, 1.54) is 89.7 Å². The van der Waals surface area contributed by atoms with Crippen LogP contribution in [0, 0.1) is 0 Å². The normalized spacial score (nSPS) is 11.4. The zero-order chi connectivity index (χ0) is 29.0. The number of phenols is 1. The molecule has 3 aromatic rings. The number of phenolic OH excluding ortho intramolecular Hbond substituents is 1. The highest BCUT2D eigenvalue weighted by molar-refractivity contribution is 5.85. The standard InChI is InChI=1S/C34H49N3O4/c1-3-5-7-9-11-13-15-16-24-39-30-21-18-28(19-22-30)33-36-37-34(41-33)35-27-29-20-23-31(26-32(29)38)40-25-17-14-12-10-8-6-4-2/h18-23,26-27,38H,3-17,24-25H2,1-2H3/b35-27+. The Morgan fingerprint density at radius 3 is 1.80 bits per heavy atom. The molecule has 0 aliphatic carbocycles. The van der Waals surface area contributed by atoms with Crippen LogP contribution in [0.5, 0.6) is 17.2 Å². The van der Waals surface area contributed by atoms with Crippen molar-refractivity contribution in [3.63, 3.8) is 0 Å². The maximum atomic E-state index is 10.4. The van der Waals surface area contributed by atoms with Gasteiger partial charge in [-0.25, -0.2) is 4.99 Å². The predicted octanol–water partition coefficient (Wildman–Crippen LogP) is 9.84. The Morgan fingerprint density at radius 1 is 0.683 bits per heavy atom. The Morgan fingerprint density at radius 2 is 1.22 bits per heavy atom. The molecule has 0 amide bonds. The molecular formula is C34H49N3O4. The van der Waals surface area contributed by atoms with Crippen LogP contribution in [0.15, 0.2) is 51.9 Å². The Balaban J connectivity index is 1.37. The summed E-state index contributed by atoms with van der Waals surface area (Å²) >= 11 is 0. The molecule has 0 aliphatic rings. The highest BCUT2D eigenvalue weighted by atomic mass is 16.5. The average molecular weight is 564 g/mol. The predicted molar refractivity (Wildman–Crippen MR) is 167 cm³/mol. The highest BCUT2D eigenvalue weighted by Gasteiger charge is 2.09. The van der Waals surface area contributed by atoms with Crippen LogP contribution in [0.3, 0.4) is 0 Å². The first kappa shape index (κ1) is 32.2. The number of hydrogen-bond acceptors (Lipinski definition) is 7. The van der Waals surface area contributed by atoms with E-state index in [1.807, 2.05) is 30.3 Å². The molecule has 7 heteroatoms. The minimum Gasteiger partial charge on any atom is -0.507 e. The lowest BCUT2D eigenvalue weighted by Gasteiger charge is -2.07. The molecular weight excluding hydrogens is 514 g/mol. The molecule has 0 radical (unpaired) electrons. The van der Waals surface area contributed by atoms with E-state index in [-0.39, 0.29) is 11.8 Å².